The summed E-state index contributed by atoms with van der Waals surface area (Å²) in [7, 11) is 1.64. The number of ether oxygens (including phenoxy) is 2. The van der Waals surface area contributed by atoms with Gasteiger partial charge in [-0.25, -0.2) is 4.98 Å². The molecule has 0 amide bonds. The maximum Gasteiger partial charge on any atom is 0.216 e. The molecule has 0 spiro atoms. The van der Waals surface area contributed by atoms with Crippen molar-refractivity contribution in [2.45, 2.75) is 44.1 Å². The van der Waals surface area contributed by atoms with E-state index in [4.69, 9.17) is 9.47 Å². The van der Waals surface area contributed by atoms with Crippen LogP contribution in [-0.2, 0) is 9.53 Å². The Morgan fingerprint density at radius 2 is 2.19 bits per heavy atom. The normalized spacial score (nSPS) is 31.3. The zero-order chi connectivity index (χ0) is 18.6. The second-order valence-electron chi connectivity index (χ2n) is 7.19. The number of aliphatic hydroxyl groups is 1. The maximum absolute atomic E-state index is 11.4. The fourth-order valence-electron chi connectivity index (χ4n) is 4.01. The lowest BCUT2D eigenvalue weighted by Crippen LogP contribution is -2.44. The van der Waals surface area contributed by atoms with E-state index < -0.39 is 11.5 Å². The van der Waals surface area contributed by atoms with Gasteiger partial charge < -0.3 is 19.4 Å². The van der Waals surface area contributed by atoms with Gasteiger partial charge in [0.2, 0.25) is 5.88 Å². The van der Waals surface area contributed by atoms with Crippen molar-refractivity contribution in [2.24, 2.45) is 16.8 Å². The van der Waals surface area contributed by atoms with E-state index in [1.807, 2.05) is 6.07 Å². The molecule has 1 aromatic rings. The van der Waals surface area contributed by atoms with Crippen LogP contribution in [-0.4, -0.2) is 41.9 Å². The first-order valence-corrected chi connectivity index (χ1v) is 9.10. The van der Waals surface area contributed by atoms with Gasteiger partial charge in [-0.1, -0.05) is 18.9 Å². The Morgan fingerprint density at radius 1 is 1.38 bits per heavy atom. The van der Waals surface area contributed by atoms with Crippen LogP contribution in [0.2, 0.25) is 0 Å². The van der Waals surface area contributed by atoms with Crippen LogP contribution in [0.5, 0.6) is 5.88 Å². The molecule has 1 saturated carbocycles. The third-order valence-electron chi connectivity index (χ3n) is 5.52. The molecular formula is C20H26N2O4. The highest BCUT2D eigenvalue weighted by molar-refractivity contribution is 5.79. The Hall–Kier alpha value is -2.21. The van der Waals surface area contributed by atoms with E-state index in [0.717, 1.165) is 31.1 Å². The summed E-state index contributed by atoms with van der Waals surface area (Å²) in [4.78, 5) is 19.8. The third kappa shape index (κ3) is 3.65. The quantitative estimate of drug-likeness (QED) is 0.788. The van der Waals surface area contributed by atoms with E-state index in [1.165, 1.54) is 12.6 Å². The Kier molecular flexibility index (Phi) is 5.71. The van der Waals surface area contributed by atoms with Crippen molar-refractivity contribution in [3.05, 3.63) is 35.9 Å². The molecule has 1 N–H and O–H groups in total. The molecule has 3 rings (SSSR count). The van der Waals surface area contributed by atoms with Crippen LogP contribution in [0.4, 0.5) is 0 Å². The first-order chi connectivity index (χ1) is 12.6. The van der Waals surface area contributed by atoms with E-state index in [2.05, 4.69) is 16.0 Å². The Morgan fingerprint density at radius 3 is 2.96 bits per heavy atom. The standard InChI is InChI=1S/C20H26N2O4/c1-20(13-21-10-18(24)17(20)11-23)26-12-14-6-3-4-7-15(14)16-8-5-9-22-19(16)25-2/h5,8-11,13-15,17,24H,3-4,6-7,12H2,1-2H3. The molecule has 0 bridgehead atoms. The van der Waals surface area contributed by atoms with Crippen molar-refractivity contribution in [1.82, 2.24) is 4.98 Å². The van der Waals surface area contributed by atoms with Gasteiger partial charge in [0.25, 0.3) is 0 Å². The minimum atomic E-state index is -0.929. The summed E-state index contributed by atoms with van der Waals surface area (Å²) in [5.74, 6) is 0.484. The van der Waals surface area contributed by atoms with E-state index in [1.54, 1.807) is 26.4 Å². The zero-order valence-electron chi connectivity index (χ0n) is 15.3. The van der Waals surface area contributed by atoms with Crippen molar-refractivity contribution < 1.29 is 19.4 Å². The van der Waals surface area contributed by atoms with Crippen molar-refractivity contribution >= 4 is 12.5 Å². The number of nitrogens with zero attached hydrogens (tertiary/aromatic N) is 2. The predicted molar refractivity (Wildman–Crippen MR) is 98.6 cm³/mol. The zero-order valence-corrected chi connectivity index (χ0v) is 15.3. The predicted octanol–water partition coefficient (Wildman–Crippen LogP) is 3.44. The highest BCUT2D eigenvalue weighted by Gasteiger charge is 2.40. The molecule has 1 fully saturated rings. The summed E-state index contributed by atoms with van der Waals surface area (Å²) >= 11 is 0. The first-order valence-electron chi connectivity index (χ1n) is 9.10. The minimum absolute atomic E-state index is 0.0564. The number of methoxy groups -OCH3 is 1. The molecule has 26 heavy (non-hydrogen) atoms. The van der Waals surface area contributed by atoms with Gasteiger partial charge in [-0.2, -0.15) is 0 Å². The molecule has 2 heterocycles. The average Bonchev–Trinajstić information content (AvgIpc) is 2.67. The van der Waals surface area contributed by atoms with Gasteiger partial charge in [0.05, 0.1) is 19.9 Å². The SMILES string of the molecule is COc1ncccc1C1CCCCC1COC1(C)C=NC=C(O)C1C=O. The first kappa shape index (κ1) is 18.6. The molecule has 2 aliphatic rings. The van der Waals surface area contributed by atoms with E-state index in [9.17, 15) is 9.90 Å². The Labute approximate surface area is 154 Å². The van der Waals surface area contributed by atoms with Crippen molar-refractivity contribution in [1.29, 1.82) is 0 Å². The summed E-state index contributed by atoms with van der Waals surface area (Å²) in [5, 5.41) is 9.95. The smallest absolute Gasteiger partial charge is 0.216 e. The summed E-state index contributed by atoms with van der Waals surface area (Å²) in [5.41, 5.74) is 0.183. The van der Waals surface area contributed by atoms with Crippen molar-refractivity contribution in [3.63, 3.8) is 0 Å². The number of aliphatic imine (C=N–C) groups is 1. The van der Waals surface area contributed by atoms with Gasteiger partial charge in [-0.05, 0) is 37.7 Å². The number of aliphatic hydroxyl groups excluding tert-OH is 1. The van der Waals surface area contributed by atoms with E-state index in [0.29, 0.717) is 24.3 Å². The molecule has 1 aliphatic carbocycles. The Bertz CT molecular complexity index is 703. The number of hydrogen-bond donors (Lipinski definition) is 1. The lowest BCUT2D eigenvalue weighted by Gasteiger charge is -2.37. The van der Waals surface area contributed by atoms with Crippen LogP contribution >= 0.6 is 0 Å². The number of aldehydes is 1. The van der Waals surface area contributed by atoms with Crippen LogP contribution in [0, 0.1) is 11.8 Å². The van der Waals surface area contributed by atoms with Gasteiger partial charge in [-0.15, -0.1) is 0 Å². The summed E-state index contributed by atoms with van der Waals surface area (Å²) in [6, 6.07) is 4.01. The van der Waals surface area contributed by atoms with Crippen LogP contribution in [0.15, 0.2) is 35.3 Å². The highest BCUT2D eigenvalue weighted by Crippen LogP contribution is 2.41. The Balaban J connectivity index is 1.76. The van der Waals surface area contributed by atoms with Gasteiger partial charge in [0.15, 0.2) is 0 Å². The maximum atomic E-state index is 11.4. The molecule has 6 nitrogen and oxygen atoms in total. The number of aromatic nitrogens is 1. The average molecular weight is 358 g/mol. The molecule has 6 heteroatoms. The highest BCUT2D eigenvalue weighted by atomic mass is 16.5. The summed E-state index contributed by atoms with van der Waals surface area (Å²) in [6.07, 6.45) is 9.78. The molecule has 0 radical (unpaired) electrons. The molecule has 0 aromatic carbocycles. The third-order valence-corrected chi connectivity index (χ3v) is 5.52. The molecule has 140 valence electrons. The molecule has 4 atom stereocenters. The van der Waals surface area contributed by atoms with E-state index >= 15 is 0 Å². The molecule has 1 aromatic heterocycles. The van der Waals surface area contributed by atoms with Crippen LogP contribution in [0.25, 0.3) is 0 Å². The fourth-order valence-corrected chi connectivity index (χ4v) is 4.01. The number of hydrogen-bond acceptors (Lipinski definition) is 6. The lowest BCUT2D eigenvalue weighted by atomic mass is 9.76. The van der Waals surface area contributed by atoms with Crippen LogP contribution in [0.3, 0.4) is 0 Å². The number of rotatable bonds is 6. The molecule has 1 aliphatic heterocycles. The van der Waals surface area contributed by atoms with E-state index in [-0.39, 0.29) is 5.76 Å². The second-order valence-corrected chi connectivity index (χ2v) is 7.19. The largest absolute Gasteiger partial charge is 0.510 e. The van der Waals surface area contributed by atoms with Crippen LogP contribution in [0.1, 0.15) is 44.1 Å². The van der Waals surface area contributed by atoms with Gasteiger partial charge in [-0.3, -0.25) is 4.99 Å². The second kappa shape index (κ2) is 7.99. The van der Waals surface area contributed by atoms with Crippen molar-refractivity contribution in [3.8, 4) is 5.88 Å². The monoisotopic (exact) mass is 358 g/mol. The topological polar surface area (TPSA) is 81.0 Å². The van der Waals surface area contributed by atoms with Crippen LogP contribution < -0.4 is 4.74 Å². The number of carbonyl (C=O) groups excluding carboxylic acids is 1. The summed E-state index contributed by atoms with van der Waals surface area (Å²) in [6.45, 7) is 2.28. The lowest BCUT2D eigenvalue weighted by molar-refractivity contribution is -0.119. The molecule has 4 unspecified atom stereocenters. The van der Waals surface area contributed by atoms with Gasteiger partial charge in [0, 0.05) is 18.0 Å². The van der Waals surface area contributed by atoms with Crippen molar-refractivity contribution in [2.75, 3.05) is 13.7 Å². The van der Waals surface area contributed by atoms with Gasteiger partial charge in [0.1, 0.15) is 23.6 Å². The molecule has 0 saturated heterocycles. The molecular weight excluding hydrogens is 332 g/mol. The number of pyridine rings is 1. The fraction of sp³-hybridized carbons (Fsp3) is 0.550. The summed E-state index contributed by atoms with van der Waals surface area (Å²) < 4.78 is 11.6. The minimum Gasteiger partial charge on any atom is -0.510 e. The van der Waals surface area contributed by atoms with Gasteiger partial charge >= 0.3 is 0 Å². The number of carbonyl (C=O) groups is 1.